The predicted octanol–water partition coefficient (Wildman–Crippen LogP) is 4.14. The van der Waals surface area contributed by atoms with Crippen molar-refractivity contribution in [3.8, 4) is 0 Å². The van der Waals surface area contributed by atoms with Crippen molar-refractivity contribution in [2.45, 2.75) is 39.2 Å². The quantitative estimate of drug-likeness (QED) is 0.326. The Hall–Kier alpha value is -3.45. The Labute approximate surface area is 200 Å². The molecule has 1 aliphatic rings. The van der Waals surface area contributed by atoms with Crippen LogP contribution in [-0.2, 0) is 9.59 Å². The fraction of sp³-hybridized carbons (Fsp3) is 0.370. The van der Waals surface area contributed by atoms with Crippen LogP contribution in [0.4, 0.5) is 0 Å². The SMILES string of the molecule is Cc1nc2ccccn2c1C(O)=C1C(=O)C(=O)N(CCCN(C)C)C1c1ccc(C(C)C)cc1. The molecule has 0 aliphatic carbocycles. The molecule has 7 nitrogen and oxygen atoms in total. The average Bonchev–Trinajstić information content (AvgIpc) is 3.27. The summed E-state index contributed by atoms with van der Waals surface area (Å²) in [5.41, 5.74) is 3.79. The first-order chi connectivity index (χ1) is 16.2. The van der Waals surface area contributed by atoms with E-state index in [2.05, 4.69) is 18.8 Å². The van der Waals surface area contributed by atoms with Crippen LogP contribution in [0.3, 0.4) is 0 Å². The summed E-state index contributed by atoms with van der Waals surface area (Å²) in [6.45, 7) is 7.24. The van der Waals surface area contributed by atoms with Gasteiger partial charge in [-0.05, 0) is 63.2 Å². The number of pyridine rings is 1. The number of hydrogen-bond acceptors (Lipinski definition) is 5. The number of hydrogen-bond donors (Lipinski definition) is 1. The van der Waals surface area contributed by atoms with Gasteiger partial charge in [0, 0.05) is 12.7 Å². The fourth-order valence-electron chi connectivity index (χ4n) is 4.60. The number of imidazole rings is 1. The first-order valence-corrected chi connectivity index (χ1v) is 11.7. The number of amides is 1. The molecule has 1 aromatic carbocycles. The van der Waals surface area contributed by atoms with Crippen molar-refractivity contribution < 1.29 is 14.7 Å². The summed E-state index contributed by atoms with van der Waals surface area (Å²) >= 11 is 0. The second kappa shape index (κ2) is 9.43. The number of rotatable bonds is 7. The minimum Gasteiger partial charge on any atom is -0.505 e. The lowest BCUT2D eigenvalue weighted by atomic mass is 9.93. The standard InChI is InChI=1S/C27H32N4O3/c1-17(2)19-10-12-20(13-11-19)24-22(26(33)27(34)31(24)16-8-14-29(4)5)25(32)23-18(3)28-21-9-6-7-15-30(21)23/h6-7,9-13,15,17,24,32H,8,14,16H2,1-5H3. The highest BCUT2D eigenvalue weighted by atomic mass is 16.3. The molecular weight excluding hydrogens is 428 g/mol. The van der Waals surface area contributed by atoms with Gasteiger partial charge >= 0.3 is 0 Å². The van der Waals surface area contributed by atoms with Crippen molar-refractivity contribution >= 4 is 23.1 Å². The maximum Gasteiger partial charge on any atom is 0.295 e. The second-order valence-electron chi connectivity index (χ2n) is 9.45. The number of carbonyl (C=O) groups excluding carboxylic acids is 2. The summed E-state index contributed by atoms with van der Waals surface area (Å²) in [7, 11) is 3.95. The van der Waals surface area contributed by atoms with Gasteiger partial charge in [-0.3, -0.25) is 14.0 Å². The molecule has 7 heteroatoms. The third kappa shape index (κ3) is 4.23. The van der Waals surface area contributed by atoms with Crippen LogP contribution in [0.1, 0.15) is 54.7 Å². The zero-order valence-corrected chi connectivity index (χ0v) is 20.4. The molecule has 34 heavy (non-hydrogen) atoms. The first kappa shape index (κ1) is 23.7. The van der Waals surface area contributed by atoms with Crippen LogP contribution < -0.4 is 0 Å². The Bertz CT molecular complexity index is 1250. The monoisotopic (exact) mass is 460 g/mol. The molecule has 0 saturated carbocycles. The van der Waals surface area contributed by atoms with Gasteiger partial charge in [0.1, 0.15) is 11.3 Å². The number of aliphatic hydroxyl groups is 1. The average molecular weight is 461 g/mol. The minimum atomic E-state index is -0.662. The van der Waals surface area contributed by atoms with Gasteiger partial charge in [0.15, 0.2) is 5.76 Å². The number of likely N-dealkylation sites (tertiary alicyclic amines) is 1. The number of aliphatic hydroxyl groups excluding tert-OH is 1. The second-order valence-corrected chi connectivity index (χ2v) is 9.45. The van der Waals surface area contributed by atoms with Crippen molar-refractivity contribution in [1.29, 1.82) is 0 Å². The highest BCUT2D eigenvalue weighted by Crippen LogP contribution is 2.40. The van der Waals surface area contributed by atoms with E-state index in [0.717, 1.165) is 18.5 Å². The van der Waals surface area contributed by atoms with Crippen LogP contribution in [0, 0.1) is 6.92 Å². The summed E-state index contributed by atoms with van der Waals surface area (Å²) in [4.78, 5) is 34.6. The third-order valence-electron chi connectivity index (χ3n) is 6.39. The van der Waals surface area contributed by atoms with Crippen molar-refractivity contribution in [3.63, 3.8) is 0 Å². The van der Waals surface area contributed by atoms with Crippen LogP contribution in [0.25, 0.3) is 11.4 Å². The number of nitrogens with zero attached hydrogens (tertiary/aromatic N) is 4. The highest BCUT2D eigenvalue weighted by Gasteiger charge is 2.46. The van der Waals surface area contributed by atoms with E-state index in [4.69, 9.17) is 0 Å². The first-order valence-electron chi connectivity index (χ1n) is 11.7. The summed E-state index contributed by atoms with van der Waals surface area (Å²) < 4.78 is 1.75. The largest absolute Gasteiger partial charge is 0.505 e. The molecule has 0 spiro atoms. The molecule has 3 aromatic rings. The summed E-state index contributed by atoms with van der Waals surface area (Å²) in [5.74, 6) is -1.07. The lowest BCUT2D eigenvalue weighted by Crippen LogP contribution is -2.32. The molecule has 1 fully saturated rings. The number of benzene rings is 1. The van der Waals surface area contributed by atoms with Gasteiger partial charge < -0.3 is 14.9 Å². The number of ketones is 1. The van der Waals surface area contributed by atoms with Crippen LogP contribution in [0.5, 0.6) is 0 Å². The van der Waals surface area contributed by atoms with Crippen molar-refractivity contribution in [3.05, 3.63) is 76.7 Å². The van der Waals surface area contributed by atoms with Crippen molar-refractivity contribution in [1.82, 2.24) is 19.2 Å². The van der Waals surface area contributed by atoms with E-state index < -0.39 is 17.7 Å². The van der Waals surface area contributed by atoms with E-state index in [1.54, 1.807) is 22.4 Å². The Morgan fingerprint density at radius 2 is 1.82 bits per heavy atom. The topological polar surface area (TPSA) is 78.1 Å². The number of Topliss-reactive ketones (excluding diaryl/α,β-unsaturated/α-hetero) is 1. The molecule has 0 bridgehead atoms. The third-order valence-corrected chi connectivity index (χ3v) is 6.39. The van der Waals surface area contributed by atoms with E-state index in [1.165, 1.54) is 5.56 Å². The van der Waals surface area contributed by atoms with Gasteiger partial charge in [0.25, 0.3) is 11.7 Å². The lowest BCUT2D eigenvalue weighted by Gasteiger charge is -2.26. The number of aryl methyl sites for hydroxylation is 1. The number of carbonyl (C=O) groups is 2. The van der Waals surface area contributed by atoms with E-state index in [1.807, 2.05) is 61.5 Å². The van der Waals surface area contributed by atoms with E-state index >= 15 is 0 Å². The molecule has 1 amide bonds. The van der Waals surface area contributed by atoms with Crippen LogP contribution in [-0.4, -0.2) is 63.2 Å². The van der Waals surface area contributed by atoms with Gasteiger partial charge in [-0.1, -0.05) is 44.2 Å². The smallest absolute Gasteiger partial charge is 0.295 e. The zero-order chi connectivity index (χ0) is 24.6. The molecule has 2 aromatic heterocycles. The Morgan fingerprint density at radius 3 is 2.47 bits per heavy atom. The summed E-state index contributed by atoms with van der Waals surface area (Å²) in [6, 6.07) is 12.9. The molecule has 1 unspecified atom stereocenters. The van der Waals surface area contributed by atoms with Crippen LogP contribution >= 0.6 is 0 Å². The molecule has 1 atom stereocenters. The Morgan fingerprint density at radius 1 is 1.12 bits per heavy atom. The Kier molecular flexibility index (Phi) is 6.57. The van der Waals surface area contributed by atoms with Gasteiger partial charge in [-0.15, -0.1) is 0 Å². The van der Waals surface area contributed by atoms with E-state index in [-0.39, 0.29) is 11.3 Å². The molecule has 1 N–H and O–H groups in total. The molecule has 4 rings (SSSR count). The molecule has 3 heterocycles. The molecule has 1 saturated heterocycles. The van der Waals surface area contributed by atoms with E-state index in [9.17, 15) is 14.7 Å². The predicted molar refractivity (Wildman–Crippen MR) is 133 cm³/mol. The maximum atomic E-state index is 13.3. The maximum absolute atomic E-state index is 13.3. The molecule has 178 valence electrons. The summed E-state index contributed by atoms with van der Waals surface area (Å²) in [5, 5.41) is 11.5. The van der Waals surface area contributed by atoms with Crippen LogP contribution in [0.15, 0.2) is 54.2 Å². The number of fused-ring (bicyclic) bond motifs is 1. The van der Waals surface area contributed by atoms with Gasteiger partial charge in [0.05, 0.1) is 17.3 Å². The van der Waals surface area contributed by atoms with Gasteiger partial charge in [0.2, 0.25) is 0 Å². The molecular formula is C27H32N4O3. The molecule has 1 aliphatic heterocycles. The van der Waals surface area contributed by atoms with E-state index in [0.29, 0.717) is 29.5 Å². The minimum absolute atomic E-state index is 0.112. The van der Waals surface area contributed by atoms with Gasteiger partial charge in [-0.25, -0.2) is 4.98 Å². The van der Waals surface area contributed by atoms with Crippen molar-refractivity contribution in [2.24, 2.45) is 0 Å². The summed E-state index contributed by atoms with van der Waals surface area (Å²) in [6.07, 6.45) is 2.51. The fourth-order valence-corrected chi connectivity index (χ4v) is 4.60. The number of aromatic nitrogens is 2. The lowest BCUT2D eigenvalue weighted by molar-refractivity contribution is -0.139. The van der Waals surface area contributed by atoms with Crippen LogP contribution in [0.2, 0.25) is 0 Å². The van der Waals surface area contributed by atoms with Crippen molar-refractivity contribution in [2.75, 3.05) is 27.2 Å². The highest BCUT2D eigenvalue weighted by molar-refractivity contribution is 6.46. The normalized spacial score (nSPS) is 18.1. The Balaban J connectivity index is 1.86. The van der Waals surface area contributed by atoms with Gasteiger partial charge in [-0.2, -0.15) is 0 Å². The molecule has 0 radical (unpaired) electrons. The zero-order valence-electron chi connectivity index (χ0n) is 20.4.